The number of rotatable bonds is 1. The van der Waals surface area contributed by atoms with E-state index in [4.69, 9.17) is 14.0 Å². The average Bonchev–Trinajstić information content (AvgIpc) is 3.11. The number of ketones is 1. The zero-order valence-electron chi connectivity index (χ0n) is 17.2. The van der Waals surface area contributed by atoms with Crippen LogP contribution in [0, 0.1) is 0 Å². The van der Waals surface area contributed by atoms with Crippen molar-refractivity contribution in [2.24, 2.45) is 0 Å². The Morgan fingerprint density at radius 2 is 2.03 bits per heavy atom. The van der Waals surface area contributed by atoms with Crippen LogP contribution in [0.15, 0.2) is 44.9 Å². The summed E-state index contributed by atoms with van der Waals surface area (Å²) in [7, 11) is 1.08. The molecule has 1 aliphatic carbocycles. The standard InChI is InChI=1S/C23H17NO9/c1-31-22(30)23-14(26)6-5-12(25)17(23)20(28)16-13(32-23)7-9-8-24-18-10(15(9)19(16)27)3-2-4-11(18)21(29)33-24/h2-4,7,14,25-27H,5-6,8H2,1H3/t14-,23+/m0/s1. The van der Waals surface area contributed by atoms with Gasteiger partial charge in [0.1, 0.15) is 28.9 Å². The highest BCUT2D eigenvalue weighted by molar-refractivity contribution is 6.20. The predicted molar refractivity (Wildman–Crippen MR) is 111 cm³/mol. The van der Waals surface area contributed by atoms with Crippen LogP contribution in [0.4, 0.5) is 0 Å². The highest BCUT2D eigenvalue weighted by atomic mass is 16.6. The summed E-state index contributed by atoms with van der Waals surface area (Å²) in [5.74, 6) is -2.87. The number of Topliss-reactive ketones (excluding diaryl/α,β-unsaturated/α-hetero) is 1. The summed E-state index contributed by atoms with van der Waals surface area (Å²) in [5, 5.41) is 32.8. The lowest BCUT2D eigenvalue weighted by Gasteiger charge is -2.43. The summed E-state index contributed by atoms with van der Waals surface area (Å²) in [4.78, 5) is 38.6. The van der Waals surface area contributed by atoms with Gasteiger partial charge in [0, 0.05) is 17.5 Å². The van der Waals surface area contributed by atoms with Crippen molar-refractivity contribution in [3.8, 4) is 22.6 Å². The highest BCUT2D eigenvalue weighted by Crippen LogP contribution is 2.52. The molecule has 33 heavy (non-hydrogen) atoms. The molecule has 0 saturated carbocycles. The lowest BCUT2D eigenvalue weighted by Crippen LogP contribution is -2.61. The van der Waals surface area contributed by atoms with Gasteiger partial charge in [0.15, 0.2) is 0 Å². The van der Waals surface area contributed by atoms with E-state index in [1.165, 1.54) is 10.8 Å². The molecule has 2 aromatic carbocycles. The minimum absolute atomic E-state index is 0.0378. The van der Waals surface area contributed by atoms with Gasteiger partial charge in [-0.3, -0.25) is 4.79 Å². The van der Waals surface area contributed by atoms with Crippen molar-refractivity contribution < 1.29 is 38.9 Å². The van der Waals surface area contributed by atoms with Gasteiger partial charge in [-0.05, 0) is 24.1 Å². The third-order valence-corrected chi connectivity index (χ3v) is 6.63. The van der Waals surface area contributed by atoms with Crippen molar-refractivity contribution in [1.82, 2.24) is 4.74 Å². The number of carbonyl (C=O) groups excluding carboxylic acids is 2. The largest absolute Gasteiger partial charge is 0.512 e. The van der Waals surface area contributed by atoms with Gasteiger partial charge < -0.3 is 29.3 Å². The van der Waals surface area contributed by atoms with E-state index in [0.29, 0.717) is 27.6 Å². The van der Waals surface area contributed by atoms with E-state index in [1.807, 2.05) is 0 Å². The molecule has 0 amide bonds. The number of aliphatic hydroxyl groups is 2. The van der Waals surface area contributed by atoms with Crippen LogP contribution in [0.25, 0.3) is 22.0 Å². The molecule has 2 aliphatic heterocycles. The lowest BCUT2D eigenvalue weighted by atomic mass is 9.73. The molecule has 10 heteroatoms. The number of aliphatic hydroxyl groups excluding tert-OH is 2. The fourth-order valence-electron chi connectivity index (χ4n) is 5.19. The summed E-state index contributed by atoms with van der Waals surface area (Å²) in [6.07, 6.45) is -1.55. The monoisotopic (exact) mass is 451 g/mol. The predicted octanol–water partition coefficient (Wildman–Crippen LogP) is 1.78. The minimum atomic E-state index is -2.26. The van der Waals surface area contributed by atoms with Gasteiger partial charge in [0.05, 0.1) is 30.1 Å². The van der Waals surface area contributed by atoms with E-state index in [0.717, 1.165) is 7.11 Å². The van der Waals surface area contributed by atoms with Gasteiger partial charge in [-0.1, -0.05) is 12.1 Å². The summed E-state index contributed by atoms with van der Waals surface area (Å²) < 4.78 is 17.4. The zero-order chi connectivity index (χ0) is 23.2. The van der Waals surface area contributed by atoms with Gasteiger partial charge in [-0.2, -0.15) is 0 Å². The number of hydrogen-bond donors (Lipinski definition) is 3. The minimum Gasteiger partial charge on any atom is -0.512 e. The van der Waals surface area contributed by atoms with E-state index in [1.54, 1.807) is 18.2 Å². The Labute approximate surface area is 184 Å². The fraction of sp³-hybridized carbons (Fsp3) is 0.261. The molecular weight excluding hydrogens is 434 g/mol. The Kier molecular flexibility index (Phi) is 3.72. The maximum absolute atomic E-state index is 13.6. The Morgan fingerprint density at radius 1 is 1.24 bits per heavy atom. The SMILES string of the molecule is COC(=O)[C@]12Oc3cc4c(c(O)c3C(=O)C1=C(O)CC[C@@H]2O)-c1cccc2c(=O)on(c12)C4. The molecule has 3 aliphatic rings. The molecule has 0 unspecified atom stereocenters. The second kappa shape index (κ2) is 6.26. The lowest BCUT2D eigenvalue weighted by molar-refractivity contribution is -0.167. The number of phenols is 1. The van der Waals surface area contributed by atoms with E-state index in [-0.39, 0.29) is 30.7 Å². The molecule has 3 N–H and O–H groups in total. The first kappa shape index (κ1) is 19.6. The average molecular weight is 451 g/mol. The number of esters is 1. The van der Waals surface area contributed by atoms with Crippen LogP contribution in [0.2, 0.25) is 0 Å². The molecule has 10 nitrogen and oxygen atoms in total. The number of aromatic nitrogens is 1. The molecule has 0 bridgehead atoms. The molecule has 168 valence electrons. The quantitative estimate of drug-likeness (QED) is 0.368. The second-order valence-corrected chi connectivity index (χ2v) is 8.28. The van der Waals surface area contributed by atoms with E-state index >= 15 is 0 Å². The van der Waals surface area contributed by atoms with Crippen molar-refractivity contribution in [2.45, 2.75) is 31.1 Å². The third kappa shape index (κ3) is 2.23. The molecule has 2 atom stereocenters. The molecular formula is C23H17NO9. The maximum Gasteiger partial charge on any atom is 0.365 e. The number of fused-ring (bicyclic) bond motifs is 4. The van der Waals surface area contributed by atoms with E-state index in [2.05, 4.69) is 0 Å². The summed E-state index contributed by atoms with van der Waals surface area (Å²) in [6, 6.07) is 6.39. The summed E-state index contributed by atoms with van der Waals surface area (Å²) >= 11 is 0. The van der Waals surface area contributed by atoms with Gasteiger partial charge in [0.25, 0.3) is 5.60 Å². The molecule has 6 rings (SSSR count). The molecule has 0 saturated heterocycles. The number of para-hydroxylation sites is 1. The number of benzene rings is 2. The number of allylic oxidation sites excluding steroid dienone is 1. The zero-order valence-corrected chi connectivity index (χ0v) is 17.2. The number of ether oxygens (including phenoxy) is 2. The van der Waals surface area contributed by atoms with Crippen molar-refractivity contribution in [2.75, 3.05) is 7.11 Å². The number of phenolic OH excluding ortho intramolecular Hbond substituents is 1. The van der Waals surface area contributed by atoms with Crippen LogP contribution in [0.1, 0.15) is 28.8 Å². The van der Waals surface area contributed by atoms with E-state index in [9.17, 15) is 29.7 Å². The summed E-state index contributed by atoms with van der Waals surface area (Å²) in [5.41, 5.74) is -1.75. The second-order valence-electron chi connectivity index (χ2n) is 8.28. The van der Waals surface area contributed by atoms with Crippen molar-refractivity contribution in [3.63, 3.8) is 0 Å². The number of carbonyl (C=O) groups is 2. The number of aromatic hydroxyl groups is 1. The summed E-state index contributed by atoms with van der Waals surface area (Å²) in [6.45, 7) is 0.0607. The fourth-order valence-corrected chi connectivity index (χ4v) is 5.19. The first-order chi connectivity index (χ1) is 15.8. The van der Waals surface area contributed by atoms with Crippen LogP contribution in [-0.4, -0.2) is 50.6 Å². The van der Waals surface area contributed by atoms with Crippen LogP contribution >= 0.6 is 0 Å². The van der Waals surface area contributed by atoms with Crippen LogP contribution in [0.3, 0.4) is 0 Å². The van der Waals surface area contributed by atoms with Gasteiger partial charge in [-0.15, -0.1) is 0 Å². The van der Waals surface area contributed by atoms with Crippen LogP contribution in [0.5, 0.6) is 11.5 Å². The topological polar surface area (TPSA) is 148 Å². The maximum atomic E-state index is 13.6. The number of nitrogens with zero attached hydrogens (tertiary/aromatic N) is 1. The molecule has 0 radical (unpaired) electrons. The van der Waals surface area contributed by atoms with Crippen molar-refractivity contribution >= 4 is 22.7 Å². The Balaban J connectivity index is 1.66. The third-order valence-electron chi connectivity index (χ3n) is 6.63. The first-order valence-corrected chi connectivity index (χ1v) is 10.2. The van der Waals surface area contributed by atoms with Gasteiger partial charge >= 0.3 is 11.6 Å². The normalized spacial score (nSPS) is 23.0. The molecule has 0 spiro atoms. The number of hydrogen-bond acceptors (Lipinski definition) is 9. The smallest absolute Gasteiger partial charge is 0.365 e. The van der Waals surface area contributed by atoms with Gasteiger partial charge in [0.2, 0.25) is 5.78 Å². The Hall–Kier alpha value is -4.05. The highest BCUT2D eigenvalue weighted by Gasteiger charge is 2.61. The molecule has 3 aromatic rings. The number of methoxy groups -OCH3 is 1. The molecule has 1 aromatic heterocycles. The van der Waals surface area contributed by atoms with Crippen molar-refractivity contribution in [1.29, 1.82) is 0 Å². The van der Waals surface area contributed by atoms with Gasteiger partial charge in [-0.25, -0.2) is 14.3 Å². The molecule has 0 fully saturated rings. The van der Waals surface area contributed by atoms with Crippen LogP contribution in [-0.2, 0) is 16.1 Å². The van der Waals surface area contributed by atoms with E-state index < -0.39 is 46.2 Å². The molecule has 3 heterocycles. The Bertz CT molecular complexity index is 1510. The Morgan fingerprint density at radius 3 is 2.79 bits per heavy atom. The van der Waals surface area contributed by atoms with Crippen molar-refractivity contribution in [3.05, 3.63) is 57.1 Å². The van der Waals surface area contributed by atoms with Crippen LogP contribution < -0.4 is 10.4 Å². The first-order valence-electron chi connectivity index (χ1n) is 10.2.